The molecule has 0 N–H and O–H groups in total. The molecule has 0 saturated heterocycles. The van der Waals surface area contributed by atoms with Crippen molar-refractivity contribution in [3.63, 3.8) is 0 Å². The van der Waals surface area contributed by atoms with Crippen LogP contribution in [0.2, 0.25) is 0 Å². The molecule has 6 heteroatoms. The third kappa shape index (κ3) is 4.81. The van der Waals surface area contributed by atoms with Crippen LogP contribution in [-0.4, -0.2) is 22.1 Å². The van der Waals surface area contributed by atoms with E-state index >= 15 is 0 Å². The van der Waals surface area contributed by atoms with Crippen LogP contribution in [0.1, 0.15) is 64.2 Å². The number of furan rings is 2. The molecule has 0 amide bonds. The Bertz CT molecular complexity index is 2880. The normalized spacial score (nSPS) is 16.1. The summed E-state index contributed by atoms with van der Waals surface area (Å²) in [5, 5.41) is 12.1. The minimum Gasteiger partial charge on any atom is -0.436 e. The minimum atomic E-state index is 0.366. The van der Waals surface area contributed by atoms with E-state index in [9.17, 15) is 0 Å². The molecule has 4 heterocycles. The first-order chi connectivity index (χ1) is 27.8. The standard InChI is InChI=1S/C50H42N4O2/c1-3-11-33(12-4-1)53(43-19-7-15-35-37-17-9-29-51-49(37)55-47(35)43)41-27-23-31-22-26-40-42(28-24-32-21-25-39(41)45(31)46(32)40)54(34-13-5-2-6-14-34)44-20-8-16-36-38-18-10-30-52-50(38)56-48(36)44/h7-10,15-30,33-34H,1-6,11-14H2. The second-order valence-electron chi connectivity index (χ2n) is 16.1. The molecule has 2 saturated carbocycles. The van der Waals surface area contributed by atoms with Crippen molar-refractivity contribution in [3.8, 4) is 0 Å². The van der Waals surface area contributed by atoms with Crippen LogP contribution in [0.25, 0.3) is 76.5 Å². The molecule has 0 radical (unpaired) electrons. The van der Waals surface area contributed by atoms with Crippen LogP contribution in [0.5, 0.6) is 0 Å². The smallest absolute Gasteiger partial charge is 0.227 e. The van der Waals surface area contributed by atoms with Gasteiger partial charge in [-0.3, -0.25) is 0 Å². The third-order valence-corrected chi connectivity index (χ3v) is 13.0. The first-order valence-corrected chi connectivity index (χ1v) is 20.6. The van der Waals surface area contributed by atoms with Crippen LogP contribution in [0.4, 0.5) is 22.7 Å². The van der Waals surface area contributed by atoms with Gasteiger partial charge in [0.05, 0.1) is 11.4 Å². The van der Waals surface area contributed by atoms with E-state index in [1.165, 1.54) is 82.2 Å². The Morgan fingerprint density at radius 3 is 1.29 bits per heavy atom. The van der Waals surface area contributed by atoms with Crippen LogP contribution in [0.15, 0.2) is 130 Å². The number of nitrogens with zero attached hydrogens (tertiary/aromatic N) is 4. The third-order valence-electron chi connectivity index (χ3n) is 13.0. The lowest BCUT2D eigenvalue weighted by molar-refractivity contribution is 0.436. The Morgan fingerprint density at radius 2 is 0.821 bits per heavy atom. The van der Waals surface area contributed by atoms with Gasteiger partial charge in [0.25, 0.3) is 0 Å². The summed E-state index contributed by atoms with van der Waals surface area (Å²) in [6.45, 7) is 0. The van der Waals surface area contributed by atoms with Crippen molar-refractivity contribution < 1.29 is 8.83 Å². The SMILES string of the molecule is c1cnc2oc3c(N(c4ccc5ccc6c(N(c7cccc8c7oc7ncccc78)C7CCCCC7)ccc7ccc4c5c76)C4CCCCC4)cccc3c2c1. The number of pyridine rings is 2. The molecule has 0 bridgehead atoms. The summed E-state index contributed by atoms with van der Waals surface area (Å²) in [5.41, 5.74) is 7.95. The molecule has 2 aliphatic rings. The molecule has 0 atom stereocenters. The largest absolute Gasteiger partial charge is 0.436 e. The number of anilines is 4. The maximum absolute atomic E-state index is 6.62. The molecule has 0 spiro atoms. The number of fused-ring (bicyclic) bond motifs is 6. The average Bonchev–Trinajstić information content (AvgIpc) is 3.84. The van der Waals surface area contributed by atoms with Gasteiger partial charge in [0.15, 0.2) is 11.2 Å². The number of rotatable bonds is 6. The minimum absolute atomic E-state index is 0.366. The Labute approximate surface area is 324 Å². The topological polar surface area (TPSA) is 58.5 Å². The molecule has 12 rings (SSSR count). The van der Waals surface area contributed by atoms with E-state index in [0.29, 0.717) is 23.5 Å². The molecule has 6 aromatic carbocycles. The zero-order valence-electron chi connectivity index (χ0n) is 31.4. The van der Waals surface area contributed by atoms with Gasteiger partial charge in [0.2, 0.25) is 11.4 Å². The Hall–Kier alpha value is -6.14. The fourth-order valence-electron chi connectivity index (χ4n) is 10.5. The molecular formula is C50H42N4O2. The van der Waals surface area contributed by atoms with E-state index in [4.69, 9.17) is 8.83 Å². The summed E-state index contributed by atoms with van der Waals surface area (Å²) in [6, 6.07) is 41.1. The van der Waals surface area contributed by atoms with Crippen molar-refractivity contribution in [1.82, 2.24) is 9.97 Å². The van der Waals surface area contributed by atoms with Crippen molar-refractivity contribution >= 4 is 99.2 Å². The van der Waals surface area contributed by atoms with Gasteiger partial charge in [-0.1, -0.05) is 99.2 Å². The number of benzene rings is 6. The van der Waals surface area contributed by atoms with Crippen LogP contribution in [-0.2, 0) is 0 Å². The van der Waals surface area contributed by atoms with E-state index in [1.54, 1.807) is 0 Å². The Kier molecular flexibility index (Phi) is 7.29. The van der Waals surface area contributed by atoms with Crippen LogP contribution in [0.3, 0.4) is 0 Å². The summed E-state index contributed by atoms with van der Waals surface area (Å²) < 4.78 is 13.2. The summed E-state index contributed by atoms with van der Waals surface area (Å²) >= 11 is 0. The second kappa shape index (κ2) is 12.7. The number of aromatic nitrogens is 2. The monoisotopic (exact) mass is 730 g/mol. The predicted molar refractivity (Wildman–Crippen MR) is 231 cm³/mol. The zero-order chi connectivity index (χ0) is 36.7. The summed E-state index contributed by atoms with van der Waals surface area (Å²) in [4.78, 5) is 14.5. The van der Waals surface area contributed by atoms with Gasteiger partial charge in [0.1, 0.15) is 0 Å². The second-order valence-corrected chi connectivity index (χ2v) is 16.1. The fourth-order valence-corrected chi connectivity index (χ4v) is 10.5. The van der Waals surface area contributed by atoms with Crippen molar-refractivity contribution in [2.24, 2.45) is 0 Å². The van der Waals surface area contributed by atoms with Gasteiger partial charge in [-0.25, -0.2) is 9.97 Å². The maximum atomic E-state index is 6.62. The first kappa shape index (κ1) is 32.1. The molecule has 0 aliphatic heterocycles. The van der Waals surface area contributed by atoms with E-state index in [-0.39, 0.29) is 0 Å². The maximum Gasteiger partial charge on any atom is 0.227 e. The molecule has 2 aliphatic carbocycles. The molecule has 0 unspecified atom stereocenters. The highest BCUT2D eigenvalue weighted by Crippen LogP contribution is 2.49. The molecular weight excluding hydrogens is 689 g/mol. The lowest BCUT2D eigenvalue weighted by Gasteiger charge is -2.38. The van der Waals surface area contributed by atoms with Gasteiger partial charge in [-0.05, 0) is 95.8 Å². The van der Waals surface area contributed by atoms with Crippen LogP contribution < -0.4 is 9.80 Å². The highest BCUT2D eigenvalue weighted by Gasteiger charge is 2.31. The average molecular weight is 731 g/mol. The highest BCUT2D eigenvalue weighted by atomic mass is 16.3. The summed E-state index contributed by atoms with van der Waals surface area (Å²) in [5.74, 6) is 0. The quantitative estimate of drug-likeness (QED) is 0.159. The lowest BCUT2D eigenvalue weighted by atomic mass is 9.89. The van der Waals surface area contributed by atoms with Gasteiger partial charge in [0, 0.05) is 68.2 Å². The number of hydrogen-bond acceptors (Lipinski definition) is 6. The van der Waals surface area contributed by atoms with E-state index < -0.39 is 0 Å². The van der Waals surface area contributed by atoms with Gasteiger partial charge in [-0.15, -0.1) is 0 Å². The molecule has 274 valence electrons. The fraction of sp³-hybridized carbons (Fsp3) is 0.240. The zero-order valence-corrected chi connectivity index (χ0v) is 31.4. The molecule has 56 heavy (non-hydrogen) atoms. The number of hydrogen-bond donors (Lipinski definition) is 0. The molecule has 6 nitrogen and oxygen atoms in total. The summed E-state index contributed by atoms with van der Waals surface area (Å²) in [7, 11) is 0. The Balaban J connectivity index is 1.10. The van der Waals surface area contributed by atoms with Gasteiger partial charge < -0.3 is 18.6 Å². The van der Waals surface area contributed by atoms with Gasteiger partial charge in [-0.2, -0.15) is 0 Å². The predicted octanol–water partition coefficient (Wildman–Crippen LogP) is 14.1. The lowest BCUT2D eigenvalue weighted by Crippen LogP contribution is -2.33. The Morgan fingerprint density at radius 1 is 0.393 bits per heavy atom. The van der Waals surface area contributed by atoms with Crippen molar-refractivity contribution in [3.05, 3.63) is 122 Å². The van der Waals surface area contributed by atoms with Crippen molar-refractivity contribution in [2.45, 2.75) is 76.3 Å². The van der Waals surface area contributed by atoms with Gasteiger partial charge >= 0.3 is 0 Å². The molecule has 2 fully saturated rings. The molecule has 10 aromatic rings. The van der Waals surface area contributed by atoms with Crippen molar-refractivity contribution in [2.75, 3.05) is 9.80 Å². The molecule has 4 aromatic heterocycles. The van der Waals surface area contributed by atoms with Crippen LogP contribution in [0, 0.1) is 0 Å². The van der Waals surface area contributed by atoms with E-state index in [0.717, 1.165) is 69.8 Å². The summed E-state index contributed by atoms with van der Waals surface area (Å²) in [6.07, 6.45) is 15.8. The van der Waals surface area contributed by atoms with E-state index in [2.05, 4.69) is 117 Å². The van der Waals surface area contributed by atoms with Crippen molar-refractivity contribution in [1.29, 1.82) is 0 Å². The van der Waals surface area contributed by atoms with Crippen LogP contribution >= 0.6 is 0 Å². The number of para-hydroxylation sites is 2. The first-order valence-electron chi connectivity index (χ1n) is 20.6. The highest BCUT2D eigenvalue weighted by molar-refractivity contribution is 6.28. The van der Waals surface area contributed by atoms with E-state index in [1.807, 2.05) is 24.5 Å².